The van der Waals surface area contributed by atoms with E-state index in [0.717, 1.165) is 16.4 Å². The number of nitrogens with zero attached hydrogens (tertiary/aromatic N) is 1. The molecule has 2 aromatic carbocycles. The van der Waals surface area contributed by atoms with Crippen LogP contribution >= 0.6 is 0 Å². The summed E-state index contributed by atoms with van der Waals surface area (Å²) in [4.78, 5) is 16.8. The predicted molar refractivity (Wildman–Crippen MR) is 95.5 cm³/mol. The first-order valence-corrected chi connectivity index (χ1v) is 7.98. The third kappa shape index (κ3) is 2.70. The maximum atomic E-state index is 12.8. The van der Waals surface area contributed by atoms with Crippen LogP contribution in [0.2, 0.25) is 0 Å². The summed E-state index contributed by atoms with van der Waals surface area (Å²) in [5.74, 6) is 0.244. The number of carbonyl (C=O) groups is 1. The maximum Gasteiger partial charge on any atom is 0.256 e. The fourth-order valence-corrected chi connectivity index (χ4v) is 2.96. The molecule has 0 fully saturated rings. The van der Waals surface area contributed by atoms with Crippen LogP contribution in [0.5, 0.6) is 5.75 Å². The number of aromatic hydroxyl groups is 1. The first-order chi connectivity index (χ1) is 12.1. The van der Waals surface area contributed by atoms with Gasteiger partial charge in [0.05, 0.1) is 11.6 Å². The van der Waals surface area contributed by atoms with E-state index in [0.29, 0.717) is 11.1 Å². The van der Waals surface area contributed by atoms with Crippen LogP contribution in [-0.4, -0.2) is 16.0 Å². The summed E-state index contributed by atoms with van der Waals surface area (Å²) < 4.78 is 5.77. The van der Waals surface area contributed by atoms with Crippen molar-refractivity contribution in [3.8, 4) is 5.75 Å². The van der Waals surface area contributed by atoms with E-state index in [1.54, 1.807) is 24.5 Å². The fraction of sp³-hybridized carbons (Fsp3) is 0.100. The smallest absolute Gasteiger partial charge is 0.256 e. The van der Waals surface area contributed by atoms with Crippen LogP contribution in [0.15, 0.2) is 65.3 Å². The van der Waals surface area contributed by atoms with Crippen LogP contribution in [0.1, 0.15) is 29.1 Å². The lowest BCUT2D eigenvalue weighted by Gasteiger charge is -2.14. The number of rotatable bonds is 3. The number of phenolic OH excluding ortho intramolecular Hbond substituents is 1. The molecular weight excluding hydrogens is 316 g/mol. The number of hydrogen-bond donors (Lipinski definition) is 2. The summed E-state index contributed by atoms with van der Waals surface area (Å²) in [6.45, 7) is 1.84. The highest BCUT2D eigenvalue weighted by atomic mass is 16.3. The first-order valence-electron chi connectivity index (χ1n) is 7.98. The molecule has 2 aromatic heterocycles. The quantitative estimate of drug-likeness (QED) is 0.590. The topological polar surface area (TPSA) is 75.4 Å². The van der Waals surface area contributed by atoms with Crippen LogP contribution in [0.4, 0.5) is 0 Å². The number of nitrogens with one attached hydrogen (secondary N) is 1. The van der Waals surface area contributed by atoms with Crippen molar-refractivity contribution in [1.82, 2.24) is 10.3 Å². The standard InChI is InChI=1S/C20H16N2O3/c1-12(18-10-14-11-21-9-8-17(14)25-18)22-20(24)19-15-5-3-2-4-13(15)6-7-16(19)23/h2-12,23H,1H3,(H,22,24). The van der Waals surface area contributed by atoms with Crippen LogP contribution < -0.4 is 5.32 Å². The van der Waals surface area contributed by atoms with Gasteiger partial charge in [-0.05, 0) is 35.9 Å². The van der Waals surface area contributed by atoms with Gasteiger partial charge in [-0.25, -0.2) is 0 Å². The average Bonchev–Trinajstić information content (AvgIpc) is 3.05. The highest BCUT2D eigenvalue weighted by Crippen LogP contribution is 2.28. The maximum absolute atomic E-state index is 12.8. The van der Waals surface area contributed by atoms with E-state index in [4.69, 9.17) is 4.42 Å². The van der Waals surface area contributed by atoms with Gasteiger partial charge >= 0.3 is 0 Å². The van der Waals surface area contributed by atoms with E-state index in [2.05, 4.69) is 10.3 Å². The molecule has 2 heterocycles. The molecule has 25 heavy (non-hydrogen) atoms. The lowest BCUT2D eigenvalue weighted by Crippen LogP contribution is -2.26. The third-order valence-corrected chi connectivity index (χ3v) is 4.24. The van der Waals surface area contributed by atoms with Gasteiger partial charge in [0.2, 0.25) is 0 Å². The Hall–Kier alpha value is -3.34. The summed E-state index contributed by atoms with van der Waals surface area (Å²) in [7, 11) is 0. The molecule has 0 radical (unpaired) electrons. The second kappa shape index (κ2) is 5.94. The number of amides is 1. The fourth-order valence-electron chi connectivity index (χ4n) is 2.96. The molecule has 4 rings (SSSR count). The number of hydrogen-bond acceptors (Lipinski definition) is 4. The number of aromatic nitrogens is 1. The largest absolute Gasteiger partial charge is 0.507 e. The van der Waals surface area contributed by atoms with Gasteiger partial charge in [-0.1, -0.05) is 30.3 Å². The minimum atomic E-state index is -0.349. The Morgan fingerprint density at radius 1 is 1.16 bits per heavy atom. The van der Waals surface area contributed by atoms with E-state index < -0.39 is 0 Å². The number of carbonyl (C=O) groups excluding carboxylic acids is 1. The molecular formula is C20H16N2O3. The summed E-state index contributed by atoms with van der Waals surface area (Å²) in [6.07, 6.45) is 3.38. The summed E-state index contributed by atoms with van der Waals surface area (Å²) in [5.41, 5.74) is 0.988. The number of furan rings is 1. The van der Waals surface area contributed by atoms with Crippen molar-refractivity contribution >= 4 is 27.6 Å². The SMILES string of the molecule is CC(NC(=O)c1c(O)ccc2ccccc12)c1cc2cnccc2o1. The Bertz CT molecular complexity index is 1050. The van der Waals surface area contributed by atoms with Crippen molar-refractivity contribution in [3.05, 3.63) is 72.2 Å². The summed E-state index contributed by atoms with van der Waals surface area (Å²) in [6, 6.07) is 14.1. The molecule has 0 saturated carbocycles. The van der Waals surface area contributed by atoms with Gasteiger partial charge in [0.1, 0.15) is 17.1 Å². The van der Waals surface area contributed by atoms with Crippen molar-refractivity contribution < 1.29 is 14.3 Å². The van der Waals surface area contributed by atoms with Crippen molar-refractivity contribution in [2.75, 3.05) is 0 Å². The minimum Gasteiger partial charge on any atom is -0.507 e. The number of fused-ring (bicyclic) bond motifs is 2. The lowest BCUT2D eigenvalue weighted by molar-refractivity contribution is 0.0935. The third-order valence-electron chi connectivity index (χ3n) is 4.24. The van der Waals surface area contributed by atoms with Gasteiger partial charge in [-0.3, -0.25) is 9.78 Å². The highest BCUT2D eigenvalue weighted by Gasteiger charge is 2.19. The molecule has 0 bridgehead atoms. The van der Waals surface area contributed by atoms with E-state index in [-0.39, 0.29) is 23.3 Å². The normalized spacial score (nSPS) is 12.4. The highest BCUT2D eigenvalue weighted by molar-refractivity contribution is 6.09. The average molecular weight is 332 g/mol. The Kier molecular flexibility index (Phi) is 3.61. The minimum absolute atomic E-state index is 0.0443. The van der Waals surface area contributed by atoms with Crippen molar-refractivity contribution in [1.29, 1.82) is 0 Å². The second-order valence-electron chi connectivity index (χ2n) is 5.94. The molecule has 0 spiro atoms. The van der Waals surface area contributed by atoms with Gasteiger partial charge in [0, 0.05) is 17.8 Å². The molecule has 4 aromatic rings. The molecule has 0 aliphatic rings. The zero-order valence-electron chi connectivity index (χ0n) is 13.6. The molecule has 1 amide bonds. The molecule has 0 aliphatic heterocycles. The molecule has 1 unspecified atom stereocenters. The zero-order chi connectivity index (χ0) is 17.4. The summed E-state index contributed by atoms with van der Waals surface area (Å²) >= 11 is 0. The Balaban J connectivity index is 1.67. The molecule has 5 heteroatoms. The van der Waals surface area contributed by atoms with Gasteiger partial charge in [-0.2, -0.15) is 0 Å². The summed E-state index contributed by atoms with van der Waals surface area (Å²) in [5, 5.41) is 15.6. The van der Waals surface area contributed by atoms with Crippen molar-refractivity contribution in [3.63, 3.8) is 0 Å². The van der Waals surface area contributed by atoms with E-state index in [9.17, 15) is 9.90 Å². The van der Waals surface area contributed by atoms with E-state index >= 15 is 0 Å². The van der Waals surface area contributed by atoms with E-state index in [1.165, 1.54) is 6.07 Å². The van der Waals surface area contributed by atoms with Gasteiger partial charge in [0.15, 0.2) is 0 Å². The van der Waals surface area contributed by atoms with Gasteiger partial charge < -0.3 is 14.8 Å². The molecule has 1 atom stereocenters. The molecule has 2 N–H and O–H groups in total. The van der Waals surface area contributed by atoms with Gasteiger partial charge in [0.25, 0.3) is 5.91 Å². The monoisotopic (exact) mass is 332 g/mol. The van der Waals surface area contributed by atoms with Crippen molar-refractivity contribution in [2.24, 2.45) is 0 Å². The zero-order valence-corrected chi connectivity index (χ0v) is 13.6. The van der Waals surface area contributed by atoms with Crippen LogP contribution in [0, 0.1) is 0 Å². The molecule has 0 aliphatic carbocycles. The predicted octanol–water partition coefficient (Wildman–Crippen LogP) is 4.18. The van der Waals surface area contributed by atoms with Crippen LogP contribution in [-0.2, 0) is 0 Å². The van der Waals surface area contributed by atoms with E-state index in [1.807, 2.05) is 37.3 Å². The number of phenols is 1. The van der Waals surface area contributed by atoms with Crippen molar-refractivity contribution in [2.45, 2.75) is 13.0 Å². The lowest BCUT2D eigenvalue weighted by atomic mass is 10.0. The Morgan fingerprint density at radius 2 is 2.00 bits per heavy atom. The Labute approximate surface area is 143 Å². The number of benzene rings is 2. The molecule has 5 nitrogen and oxygen atoms in total. The van der Waals surface area contributed by atoms with Gasteiger partial charge in [-0.15, -0.1) is 0 Å². The van der Waals surface area contributed by atoms with Crippen LogP contribution in [0.25, 0.3) is 21.7 Å². The first kappa shape index (κ1) is 15.2. The Morgan fingerprint density at radius 3 is 2.84 bits per heavy atom. The van der Waals surface area contributed by atoms with Crippen LogP contribution in [0.3, 0.4) is 0 Å². The molecule has 0 saturated heterocycles. The number of pyridine rings is 1. The molecule has 124 valence electrons. The second-order valence-corrected chi connectivity index (χ2v) is 5.94.